The third kappa shape index (κ3) is 2.62. The number of non-ortho nitro benzene ring substituents is 1. The minimum absolute atomic E-state index is 0.0501. The highest BCUT2D eigenvalue weighted by atomic mass is 16.6. The Morgan fingerprint density at radius 3 is 2.86 bits per heavy atom. The number of rotatable bonds is 4. The van der Waals surface area contributed by atoms with Gasteiger partial charge in [0.25, 0.3) is 11.7 Å². The number of aromatic nitrogens is 1. The summed E-state index contributed by atoms with van der Waals surface area (Å²) in [6.45, 7) is 0.335. The van der Waals surface area contributed by atoms with Crippen LogP contribution in [0, 0.1) is 10.1 Å². The van der Waals surface area contributed by atoms with Crippen LogP contribution in [-0.4, -0.2) is 15.0 Å². The molecule has 0 aliphatic heterocycles. The van der Waals surface area contributed by atoms with Crippen molar-refractivity contribution in [1.29, 1.82) is 0 Å². The van der Waals surface area contributed by atoms with E-state index in [1.54, 1.807) is 18.2 Å². The summed E-state index contributed by atoms with van der Waals surface area (Å²) in [7, 11) is 0. The summed E-state index contributed by atoms with van der Waals surface area (Å²) in [5, 5.41) is 23.3. The van der Waals surface area contributed by atoms with Crippen molar-refractivity contribution in [2.45, 2.75) is 6.54 Å². The lowest BCUT2D eigenvalue weighted by Crippen LogP contribution is -1.99. The number of nitro benzene ring substituents is 1. The second-order valence-corrected chi connectivity index (χ2v) is 4.41. The van der Waals surface area contributed by atoms with Crippen molar-refractivity contribution in [3.05, 3.63) is 58.1 Å². The normalized spacial score (nSPS) is 10.7. The first-order valence-electron chi connectivity index (χ1n) is 6.19. The Kier molecular flexibility index (Phi) is 3.15. The first-order chi connectivity index (χ1) is 10.1. The number of phenols is 1. The number of nitrogens with zero attached hydrogens (tertiary/aromatic N) is 2. The predicted octanol–water partition coefficient (Wildman–Crippen LogP) is 3.05. The van der Waals surface area contributed by atoms with Crippen molar-refractivity contribution in [3.63, 3.8) is 0 Å². The summed E-state index contributed by atoms with van der Waals surface area (Å²) >= 11 is 0. The van der Waals surface area contributed by atoms with E-state index in [-0.39, 0.29) is 17.5 Å². The molecule has 2 N–H and O–H groups in total. The lowest BCUT2D eigenvalue weighted by molar-refractivity contribution is -0.384. The van der Waals surface area contributed by atoms with Gasteiger partial charge < -0.3 is 14.8 Å². The van der Waals surface area contributed by atoms with Gasteiger partial charge in [-0.05, 0) is 12.1 Å². The third-order valence-electron chi connectivity index (χ3n) is 3.00. The number of nitrogens with one attached hydrogen (secondary N) is 1. The van der Waals surface area contributed by atoms with Crippen molar-refractivity contribution in [3.8, 4) is 5.75 Å². The molecule has 21 heavy (non-hydrogen) atoms. The predicted molar refractivity (Wildman–Crippen MR) is 76.1 cm³/mol. The van der Waals surface area contributed by atoms with E-state index in [2.05, 4.69) is 10.3 Å². The Morgan fingerprint density at radius 2 is 2.10 bits per heavy atom. The molecule has 0 saturated heterocycles. The zero-order chi connectivity index (χ0) is 14.8. The average Bonchev–Trinajstić information content (AvgIpc) is 2.88. The molecule has 0 saturated carbocycles. The Hall–Kier alpha value is -3.09. The molecule has 3 rings (SSSR count). The second kappa shape index (κ2) is 5.12. The van der Waals surface area contributed by atoms with E-state index in [0.29, 0.717) is 23.2 Å². The fourth-order valence-electron chi connectivity index (χ4n) is 1.93. The van der Waals surface area contributed by atoms with E-state index in [1.807, 2.05) is 6.07 Å². The molecule has 0 unspecified atom stereocenters. The first-order valence-corrected chi connectivity index (χ1v) is 6.19. The van der Waals surface area contributed by atoms with Gasteiger partial charge in [0.15, 0.2) is 5.58 Å². The Bertz CT molecular complexity index is 813. The van der Waals surface area contributed by atoms with E-state index in [9.17, 15) is 15.2 Å². The number of hydrogen-bond donors (Lipinski definition) is 2. The van der Waals surface area contributed by atoms with Gasteiger partial charge in [0.2, 0.25) is 0 Å². The lowest BCUT2D eigenvalue weighted by atomic mass is 10.2. The molecule has 7 nitrogen and oxygen atoms in total. The van der Waals surface area contributed by atoms with Crippen molar-refractivity contribution >= 4 is 22.8 Å². The second-order valence-electron chi connectivity index (χ2n) is 4.41. The molecule has 1 heterocycles. The molecule has 2 aromatic carbocycles. The smallest absolute Gasteiger partial charge is 0.295 e. The maximum absolute atomic E-state index is 10.7. The molecule has 0 bridgehead atoms. The number of para-hydroxylation sites is 1. The van der Waals surface area contributed by atoms with Gasteiger partial charge >= 0.3 is 0 Å². The standard InChI is InChI=1S/C14H11N3O4/c18-12-4-2-1-3-9(12)8-15-14-16-11-6-5-10(17(19)20)7-13(11)21-14/h1-7,18H,8H2,(H,15,16). The first kappa shape index (κ1) is 12.9. The maximum Gasteiger partial charge on any atom is 0.295 e. The van der Waals surface area contributed by atoms with E-state index in [4.69, 9.17) is 4.42 Å². The fourth-order valence-corrected chi connectivity index (χ4v) is 1.93. The van der Waals surface area contributed by atoms with Crippen LogP contribution in [0.3, 0.4) is 0 Å². The minimum atomic E-state index is -0.489. The summed E-state index contributed by atoms with van der Waals surface area (Å²) in [4.78, 5) is 14.4. The number of hydrogen-bond acceptors (Lipinski definition) is 6. The van der Waals surface area contributed by atoms with Crippen LogP contribution in [0.15, 0.2) is 46.9 Å². The van der Waals surface area contributed by atoms with Crippen LogP contribution >= 0.6 is 0 Å². The van der Waals surface area contributed by atoms with Crippen molar-refractivity contribution < 1.29 is 14.4 Å². The average molecular weight is 285 g/mol. The van der Waals surface area contributed by atoms with Gasteiger partial charge in [0, 0.05) is 18.2 Å². The van der Waals surface area contributed by atoms with Crippen LogP contribution < -0.4 is 5.32 Å². The number of phenolic OH excluding ortho intramolecular Hbond substituents is 1. The number of nitro groups is 1. The fraction of sp³-hybridized carbons (Fsp3) is 0.0714. The molecule has 0 aliphatic rings. The van der Waals surface area contributed by atoms with Crippen LogP contribution in [0.1, 0.15) is 5.56 Å². The SMILES string of the molecule is O=[N+]([O-])c1ccc2nc(NCc3ccccc3O)oc2c1. The number of fused-ring (bicyclic) bond motifs is 1. The monoisotopic (exact) mass is 285 g/mol. The lowest BCUT2D eigenvalue weighted by Gasteiger charge is -2.03. The number of benzene rings is 2. The van der Waals surface area contributed by atoms with Crippen LogP contribution in [0.2, 0.25) is 0 Å². The van der Waals surface area contributed by atoms with Gasteiger partial charge in [-0.15, -0.1) is 0 Å². The van der Waals surface area contributed by atoms with Crippen LogP contribution in [0.25, 0.3) is 11.1 Å². The molecule has 0 spiro atoms. The van der Waals surface area contributed by atoms with Crippen molar-refractivity contribution in [2.24, 2.45) is 0 Å². The number of aromatic hydroxyl groups is 1. The summed E-state index contributed by atoms with van der Waals surface area (Å²) in [5.41, 5.74) is 1.51. The summed E-state index contributed by atoms with van der Waals surface area (Å²) in [6, 6.07) is 11.4. The molecular weight excluding hydrogens is 274 g/mol. The Labute approximate surface area is 119 Å². The Balaban J connectivity index is 1.82. The van der Waals surface area contributed by atoms with Crippen LogP contribution in [0.5, 0.6) is 5.75 Å². The zero-order valence-corrected chi connectivity index (χ0v) is 10.8. The van der Waals surface area contributed by atoms with Crippen LogP contribution in [-0.2, 0) is 6.54 Å². The number of oxazole rings is 1. The van der Waals surface area contributed by atoms with Crippen molar-refractivity contribution in [2.75, 3.05) is 5.32 Å². The van der Waals surface area contributed by atoms with E-state index >= 15 is 0 Å². The number of anilines is 1. The van der Waals surface area contributed by atoms with Gasteiger partial charge in [-0.3, -0.25) is 10.1 Å². The van der Waals surface area contributed by atoms with Gasteiger partial charge in [-0.2, -0.15) is 4.98 Å². The zero-order valence-electron chi connectivity index (χ0n) is 10.8. The molecule has 0 atom stereocenters. The highest BCUT2D eigenvalue weighted by molar-refractivity contribution is 5.77. The summed E-state index contributed by atoms with van der Waals surface area (Å²) < 4.78 is 5.41. The topological polar surface area (TPSA) is 101 Å². The molecule has 0 aliphatic carbocycles. The van der Waals surface area contributed by atoms with E-state index in [1.165, 1.54) is 18.2 Å². The molecule has 1 aromatic heterocycles. The molecule has 0 radical (unpaired) electrons. The van der Waals surface area contributed by atoms with Gasteiger partial charge in [0.05, 0.1) is 11.0 Å². The summed E-state index contributed by atoms with van der Waals surface area (Å²) in [6.07, 6.45) is 0. The quantitative estimate of drug-likeness (QED) is 0.564. The van der Waals surface area contributed by atoms with Gasteiger partial charge in [-0.1, -0.05) is 18.2 Å². The van der Waals surface area contributed by atoms with Crippen molar-refractivity contribution in [1.82, 2.24) is 4.98 Å². The minimum Gasteiger partial charge on any atom is -0.508 e. The molecular formula is C14H11N3O4. The molecule has 0 fully saturated rings. The van der Waals surface area contributed by atoms with Crippen LogP contribution in [0.4, 0.5) is 11.7 Å². The largest absolute Gasteiger partial charge is 0.508 e. The maximum atomic E-state index is 10.7. The van der Waals surface area contributed by atoms with E-state index < -0.39 is 4.92 Å². The van der Waals surface area contributed by atoms with Gasteiger partial charge in [-0.25, -0.2) is 0 Å². The molecule has 106 valence electrons. The van der Waals surface area contributed by atoms with Gasteiger partial charge in [0.1, 0.15) is 11.3 Å². The highest BCUT2D eigenvalue weighted by Gasteiger charge is 2.11. The third-order valence-corrected chi connectivity index (χ3v) is 3.00. The molecule has 7 heteroatoms. The molecule has 3 aromatic rings. The highest BCUT2D eigenvalue weighted by Crippen LogP contribution is 2.24. The summed E-state index contributed by atoms with van der Waals surface area (Å²) in [5.74, 6) is 0.178. The van der Waals surface area contributed by atoms with E-state index in [0.717, 1.165) is 0 Å². The Morgan fingerprint density at radius 1 is 1.29 bits per heavy atom. The molecule has 0 amide bonds.